The second-order valence-electron chi connectivity index (χ2n) is 10.1. The third kappa shape index (κ3) is 10.6. The molecule has 0 aliphatic heterocycles. The molecule has 2 rings (SSSR count). The fraction of sp³-hybridized carbons (Fsp3) is 0.312. The predicted octanol–water partition coefficient (Wildman–Crippen LogP) is 4.91. The molecule has 0 spiro atoms. The van der Waals surface area contributed by atoms with Crippen LogP contribution in [0.4, 0.5) is 0 Å². The van der Waals surface area contributed by atoms with Crippen molar-refractivity contribution in [1.82, 2.24) is 0 Å². The van der Waals surface area contributed by atoms with Gasteiger partial charge in [-0.2, -0.15) is 0 Å². The normalized spacial score (nSPS) is 14.6. The maximum absolute atomic E-state index is 13.6. The van der Waals surface area contributed by atoms with Crippen molar-refractivity contribution in [3.8, 4) is 0 Å². The van der Waals surface area contributed by atoms with Crippen molar-refractivity contribution in [1.29, 1.82) is 0 Å². The maximum atomic E-state index is 13.6. The molecule has 252 valence electrons. The lowest BCUT2D eigenvalue weighted by Crippen LogP contribution is -2.45. The summed E-state index contributed by atoms with van der Waals surface area (Å²) < 4.78 is 45.4. The average Bonchev–Trinajstić information content (AvgIpc) is 3.05. The Hall–Kier alpha value is -4.75. The van der Waals surface area contributed by atoms with Crippen LogP contribution < -0.4 is 0 Å². The summed E-state index contributed by atoms with van der Waals surface area (Å²) in [4.78, 5) is 84.7. The molecule has 2 aromatic carbocycles. The number of ether oxygens (including phenoxy) is 4. The van der Waals surface area contributed by atoms with Crippen LogP contribution in [0.3, 0.4) is 0 Å². The van der Waals surface area contributed by atoms with E-state index in [4.69, 9.17) is 28.0 Å². The first-order valence-corrected chi connectivity index (χ1v) is 15.5. The number of hydrogen-bond donors (Lipinski definition) is 1. The minimum absolute atomic E-state index is 0.0204. The van der Waals surface area contributed by atoms with Gasteiger partial charge in [-0.1, -0.05) is 63.4 Å². The van der Waals surface area contributed by atoms with Gasteiger partial charge in [0.1, 0.15) is 0 Å². The van der Waals surface area contributed by atoms with Crippen LogP contribution in [-0.4, -0.2) is 66.1 Å². The summed E-state index contributed by atoms with van der Waals surface area (Å²) in [5.41, 5.74) is -0.660. The largest absolute Gasteiger partial charge is 0.479 e. The van der Waals surface area contributed by atoms with Crippen molar-refractivity contribution in [3.05, 3.63) is 95.1 Å². The summed E-state index contributed by atoms with van der Waals surface area (Å²) in [5, 5.41) is 0. The van der Waals surface area contributed by atoms with Gasteiger partial charge in [0, 0.05) is 35.1 Å². The van der Waals surface area contributed by atoms with E-state index in [-0.39, 0.29) is 33.4 Å². The molecule has 0 amide bonds. The monoisotopic (exact) mass is 674 g/mol. The van der Waals surface area contributed by atoms with Crippen LogP contribution in [0.2, 0.25) is 0 Å². The fourth-order valence-corrected chi connectivity index (χ4v) is 4.97. The van der Waals surface area contributed by atoms with Crippen LogP contribution in [0.1, 0.15) is 82.0 Å². The Labute approximate surface area is 270 Å². The molecule has 0 aliphatic carbocycles. The van der Waals surface area contributed by atoms with Crippen molar-refractivity contribution in [2.45, 2.75) is 52.1 Å². The van der Waals surface area contributed by atoms with Crippen molar-refractivity contribution >= 4 is 44.3 Å². The van der Waals surface area contributed by atoms with Crippen LogP contribution in [-0.2, 0) is 42.1 Å². The third-order valence-electron chi connectivity index (χ3n) is 6.36. The highest BCUT2D eigenvalue weighted by molar-refractivity contribution is 7.47. The van der Waals surface area contributed by atoms with E-state index in [1.807, 2.05) is 0 Å². The van der Waals surface area contributed by atoms with Crippen LogP contribution in [0.5, 0.6) is 0 Å². The Kier molecular flexibility index (Phi) is 13.7. The van der Waals surface area contributed by atoms with Crippen LogP contribution in [0.15, 0.2) is 72.8 Å². The summed E-state index contributed by atoms with van der Waals surface area (Å²) in [5.74, 6) is -9.32. The SMILES string of the molecule is C=C(C)C(=O)OC(CC)(COC(=O)c1ccccc1C=O)OP(=O)(O)OC(CC)(COC(=O)c1ccccc1C=O)OC(=O)C(=C)C. The Morgan fingerprint density at radius 1 is 0.723 bits per heavy atom. The summed E-state index contributed by atoms with van der Waals surface area (Å²) in [7, 11) is -5.54. The third-order valence-corrected chi connectivity index (χ3v) is 7.48. The molecule has 2 atom stereocenters. The number of phosphoric ester groups is 1. The van der Waals surface area contributed by atoms with Gasteiger partial charge in [-0.05, 0) is 26.0 Å². The van der Waals surface area contributed by atoms with Gasteiger partial charge in [-0.25, -0.2) is 32.8 Å². The number of esters is 4. The fourth-order valence-electron chi connectivity index (χ4n) is 3.66. The second-order valence-corrected chi connectivity index (χ2v) is 11.4. The summed E-state index contributed by atoms with van der Waals surface area (Å²) >= 11 is 0. The highest BCUT2D eigenvalue weighted by Gasteiger charge is 2.49. The molecule has 0 radical (unpaired) electrons. The molecule has 0 aromatic heterocycles. The lowest BCUT2D eigenvalue weighted by atomic mass is 10.1. The van der Waals surface area contributed by atoms with Gasteiger partial charge in [-0.15, -0.1) is 0 Å². The van der Waals surface area contributed by atoms with Crippen LogP contribution in [0.25, 0.3) is 0 Å². The predicted molar refractivity (Wildman–Crippen MR) is 164 cm³/mol. The first-order valence-electron chi connectivity index (χ1n) is 14.0. The Bertz CT molecular complexity index is 1480. The molecule has 0 bridgehead atoms. The molecular formula is C32H35O14P. The zero-order valence-electron chi connectivity index (χ0n) is 26.2. The number of benzene rings is 2. The summed E-state index contributed by atoms with van der Waals surface area (Å²) in [6.45, 7) is 10.2. The molecule has 2 unspecified atom stereocenters. The average molecular weight is 675 g/mol. The lowest BCUT2D eigenvalue weighted by molar-refractivity contribution is -0.236. The Morgan fingerprint density at radius 3 is 1.36 bits per heavy atom. The summed E-state index contributed by atoms with van der Waals surface area (Å²) in [6.07, 6.45) is 0.00529. The molecule has 0 fully saturated rings. The smallest absolute Gasteiger partial charge is 0.455 e. The first kappa shape index (κ1) is 38.4. The number of carbonyl (C=O) groups excluding carboxylic acids is 6. The number of aldehydes is 2. The van der Waals surface area contributed by atoms with Crippen molar-refractivity contribution in [3.63, 3.8) is 0 Å². The quantitative estimate of drug-likeness (QED) is 0.0559. The van der Waals surface area contributed by atoms with Gasteiger partial charge in [-0.3, -0.25) is 9.59 Å². The van der Waals surface area contributed by atoms with Gasteiger partial charge < -0.3 is 23.8 Å². The number of hydrogen-bond acceptors (Lipinski definition) is 13. The minimum atomic E-state index is -5.54. The minimum Gasteiger partial charge on any atom is -0.455 e. The van der Waals surface area contributed by atoms with E-state index in [0.29, 0.717) is 12.6 Å². The van der Waals surface area contributed by atoms with Gasteiger partial charge in [0.25, 0.3) is 11.6 Å². The number of phosphoric acid groups is 1. The molecule has 1 N–H and O–H groups in total. The van der Waals surface area contributed by atoms with Gasteiger partial charge in [0.05, 0.1) is 11.1 Å². The lowest BCUT2D eigenvalue weighted by Gasteiger charge is -2.36. The molecule has 2 aromatic rings. The number of rotatable bonds is 18. The van der Waals surface area contributed by atoms with Crippen LogP contribution in [0, 0.1) is 0 Å². The molecule has 15 heteroatoms. The molecule has 14 nitrogen and oxygen atoms in total. The summed E-state index contributed by atoms with van der Waals surface area (Å²) in [6, 6.07) is 11.2. The highest BCUT2D eigenvalue weighted by Crippen LogP contribution is 2.53. The molecular weight excluding hydrogens is 639 g/mol. The van der Waals surface area contributed by atoms with E-state index in [9.17, 15) is 38.2 Å². The number of carbonyl (C=O) groups is 6. The molecule has 0 saturated heterocycles. The van der Waals surface area contributed by atoms with Crippen LogP contribution >= 0.6 is 7.82 Å². The van der Waals surface area contributed by atoms with E-state index in [2.05, 4.69) is 13.2 Å². The maximum Gasteiger partial charge on any atom is 0.479 e. The van der Waals surface area contributed by atoms with Gasteiger partial charge in [0.15, 0.2) is 25.8 Å². The standard InChI is InChI=1S/C32H35O14P/c1-7-31(43-27(35)21(3)4,19-41-29(37)25-15-11-9-13-23(25)17-33)45-47(39,40)46-32(8-2,44-28(36)22(5)6)20-42-30(38)26-16-12-10-14-24(26)18-34/h9-18H,3,5,7-8,19-20H2,1-2,4,6H3,(H,39,40). The van der Waals surface area contributed by atoms with E-state index in [1.54, 1.807) is 0 Å². The zero-order valence-corrected chi connectivity index (χ0v) is 27.1. The highest BCUT2D eigenvalue weighted by atomic mass is 31.2. The molecule has 47 heavy (non-hydrogen) atoms. The van der Waals surface area contributed by atoms with Crippen molar-refractivity contribution in [2.75, 3.05) is 13.2 Å². The van der Waals surface area contributed by atoms with Crippen molar-refractivity contribution < 1.29 is 66.2 Å². The van der Waals surface area contributed by atoms with E-state index >= 15 is 0 Å². The van der Waals surface area contributed by atoms with E-state index in [1.165, 1.54) is 76.2 Å². The molecule has 0 saturated carbocycles. The van der Waals surface area contributed by atoms with Gasteiger partial charge in [0.2, 0.25) is 0 Å². The Balaban J connectivity index is 2.46. The second kappa shape index (κ2) is 16.7. The topological polar surface area (TPSA) is 195 Å². The molecule has 0 aliphatic rings. The van der Waals surface area contributed by atoms with E-state index < -0.39 is 69.3 Å². The van der Waals surface area contributed by atoms with E-state index in [0.717, 1.165) is 0 Å². The zero-order chi connectivity index (χ0) is 35.4. The van der Waals surface area contributed by atoms with Gasteiger partial charge >= 0.3 is 31.7 Å². The molecule has 0 heterocycles. The van der Waals surface area contributed by atoms with Crippen molar-refractivity contribution in [2.24, 2.45) is 0 Å². The first-order chi connectivity index (χ1) is 22.1. The Morgan fingerprint density at radius 2 is 1.06 bits per heavy atom.